The van der Waals surface area contributed by atoms with Crippen LogP contribution in [0.2, 0.25) is 0 Å². The van der Waals surface area contributed by atoms with E-state index in [9.17, 15) is 18.5 Å². The van der Waals surface area contributed by atoms with Gasteiger partial charge < -0.3 is 0 Å². The summed E-state index contributed by atoms with van der Waals surface area (Å²) in [5.41, 5.74) is -0.395. The van der Waals surface area contributed by atoms with Gasteiger partial charge in [0.15, 0.2) is 0 Å². The summed E-state index contributed by atoms with van der Waals surface area (Å²) < 4.78 is 23.3. The van der Waals surface area contributed by atoms with Crippen LogP contribution >= 0.6 is 10.7 Å². The van der Waals surface area contributed by atoms with Gasteiger partial charge in [0, 0.05) is 17.7 Å². The lowest BCUT2D eigenvalue weighted by Gasteiger charge is -1.95. The van der Waals surface area contributed by atoms with Gasteiger partial charge >= 0.3 is 5.69 Å². The van der Waals surface area contributed by atoms with Gasteiger partial charge in [0.2, 0.25) is 5.03 Å². The summed E-state index contributed by atoms with van der Waals surface area (Å²) >= 11 is 0. The van der Waals surface area contributed by atoms with Crippen LogP contribution in [0, 0.1) is 10.1 Å². The quantitative estimate of drug-likeness (QED) is 0.464. The Labute approximate surface area is 96.6 Å². The van der Waals surface area contributed by atoms with Crippen molar-refractivity contribution in [2.75, 3.05) is 0 Å². The molecule has 0 aromatic carbocycles. The summed E-state index contributed by atoms with van der Waals surface area (Å²) in [6, 6.07) is 0. The molecule has 9 heteroatoms. The average molecular weight is 268 g/mol. The first-order valence-electron chi connectivity index (χ1n) is 4.44. The van der Waals surface area contributed by atoms with Crippen LogP contribution in [0.15, 0.2) is 5.03 Å². The first-order valence-corrected chi connectivity index (χ1v) is 6.74. The second-order valence-electron chi connectivity index (χ2n) is 3.17. The number of aryl methyl sites for hydroxylation is 2. The van der Waals surface area contributed by atoms with E-state index in [2.05, 4.69) is 5.10 Å². The van der Waals surface area contributed by atoms with E-state index < -0.39 is 24.7 Å². The van der Waals surface area contributed by atoms with Crippen LogP contribution in [0.1, 0.15) is 19.0 Å². The number of rotatable bonds is 4. The number of nitro groups is 1. The molecule has 0 aliphatic heterocycles. The van der Waals surface area contributed by atoms with Crippen LogP contribution < -0.4 is 0 Å². The highest BCUT2D eigenvalue weighted by molar-refractivity contribution is 8.13. The maximum atomic E-state index is 11.2. The molecule has 0 unspecified atom stereocenters. The number of aromatic nitrogens is 2. The van der Waals surface area contributed by atoms with Crippen molar-refractivity contribution in [3.05, 3.63) is 15.8 Å². The Hall–Kier alpha value is -1.15. The molecular formula is C7H10ClN3O4S. The van der Waals surface area contributed by atoms with E-state index in [0.29, 0.717) is 12.8 Å². The lowest BCUT2D eigenvalue weighted by Crippen LogP contribution is -2.03. The van der Waals surface area contributed by atoms with E-state index in [1.807, 2.05) is 6.92 Å². The van der Waals surface area contributed by atoms with Gasteiger partial charge in [0.25, 0.3) is 9.05 Å². The van der Waals surface area contributed by atoms with Crippen molar-refractivity contribution in [3.63, 3.8) is 0 Å². The fourth-order valence-corrected chi connectivity index (χ4v) is 2.71. The summed E-state index contributed by atoms with van der Waals surface area (Å²) in [5.74, 6) is 0. The van der Waals surface area contributed by atoms with Crippen molar-refractivity contribution in [2.45, 2.75) is 24.8 Å². The zero-order valence-corrected chi connectivity index (χ0v) is 10.2. The van der Waals surface area contributed by atoms with Crippen molar-refractivity contribution < 1.29 is 13.3 Å². The Kier molecular flexibility index (Phi) is 3.54. The third-order valence-corrected chi connectivity index (χ3v) is 3.30. The highest BCUT2D eigenvalue weighted by Gasteiger charge is 2.33. The van der Waals surface area contributed by atoms with Gasteiger partial charge in [-0.1, -0.05) is 13.3 Å². The summed E-state index contributed by atoms with van der Waals surface area (Å²) in [4.78, 5) is 10.0. The summed E-state index contributed by atoms with van der Waals surface area (Å²) in [6.45, 7) is 1.81. The van der Waals surface area contributed by atoms with E-state index in [1.165, 1.54) is 7.05 Å². The number of halogens is 1. The summed E-state index contributed by atoms with van der Waals surface area (Å²) in [5, 5.41) is 14.0. The zero-order chi connectivity index (χ0) is 12.5. The molecular weight excluding hydrogens is 258 g/mol. The molecule has 0 aliphatic rings. The molecule has 0 amide bonds. The van der Waals surface area contributed by atoms with Crippen LogP contribution in [-0.2, 0) is 22.5 Å². The smallest absolute Gasteiger partial charge is 0.258 e. The summed E-state index contributed by atoms with van der Waals surface area (Å²) in [6.07, 6.45) is 0.955. The van der Waals surface area contributed by atoms with Crippen molar-refractivity contribution in [3.8, 4) is 0 Å². The van der Waals surface area contributed by atoms with Crippen molar-refractivity contribution in [2.24, 2.45) is 7.05 Å². The van der Waals surface area contributed by atoms with E-state index in [4.69, 9.17) is 10.7 Å². The predicted molar refractivity (Wildman–Crippen MR) is 56.9 cm³/mol. The van der Waals surface area contributed by atoms with E-state index in [-0.39, 0.29) is 5.69 Å². The summed E-state index contributed by atoms with van der Waals surface area (Å²) in [7, 11) is 2.26. The fourth-order valence-electron chi connectivity index (χ4n) is 1.41. The van der Waals surface area contributed by atoms with Crippen molar-refractivity contribution in [1.29, 1.82) is 0 Å². The highest BCUT2D eigenvalue weighted by atomic mass is 35.7. The standard InChI is InChI=1S/C7H10ClN3O4S/c1-3-4-5-6(11(12)13)7(10(2)9-5)16(8,14)15/h3-4H2,1-2H3. The number of hydrogen-bond acceptors (Lipinski definition) is 5. The molecule has 0 radical (unpaired) electrons. The van der Waals surface area contributed by atoms with Crippen LogP contribution in [0.5, 0.6) is 0 Å². The molecule has 0 aliphatic carbocycles. The minimum Gasteiger partial charge on any atom is -0.258 e. The van der Waals surface area contributed by atoms with Crippen LogP contribution in [0.25, 0.3) is 0 Å². The Morgan fingerprint density at radius 1 is 1.56 bits per heavy atom. The van der Waals surface area contributed by atoms with Crippen molar-refractivity contribution >= 4 is 25.4 Å². The molecule has 0 atom stereocenters. The monoisotopic (exact) mass is 267 g/mol. The molecule has 0 fully saturated rings. The van der Waals surface area contributed by atoms with Crippen LogP contribution in [0.3, 0.4) is 0 Å². The second kappa shape index (κ2) is 4.38. The SMILES string of the molecule is CCCc1nn(C)c(S(=O)(=O)Cl)c1[N+](=O)[O-]. The normalized spacial score (nSPS) is 11.7. The lowest BCUT2D eigenvalue weighted by molar-refractivity contribution is -0.388. The molecule has 0 bridgehead atoms. The Morgan fingerprint density at radius 2 is 2.12 bits per heavy atom. The lowest BCUT2D eigenvalue weighted by atomic mass is 10.2. The Balaban J connectivity index is 3.55. The molecule has 1 aromatic rings. The van der Waals surface area contributed by atoms with Crippen LogP contribution in [0.4, 0.5) is 5.69 Å². The largest absolute Gasteiger partial charge is 0.330 e. The van der Waals surface area contributed by atoms with E-state index in [0.717, 1.165) is 4.68 Å². The van der Waals surface area contributed by atoms with Crippen LogP contribution in [-0.4, -0.2) is 23.1 Å². The van der Waals surface area contributed by atoms with Gasteiger partial charge in [-0.25, -0.2) is 13.1 Å². The van der Waals surface area contributed by atoms with E-state index >= 15 is 0 Å². The molecule has 7 nitrogen and oxygen atoms in total. The molecule has 0 spiro atoms. The second-order valence-corrected chi connectivity index (χ2v) is 5.65. The molecule has 0 N–H and O–H groups in total. The Bertz CT molecular complexity index is 522. The first kappa shape index (κ1) is 12.9. The Morgan fingerprint density at radius 3 is 2.50 bits per heavy atom. The van der Waals surface area contributed by atoms with E-state index in [1.54, 1.807) is 0 Å². The van der Waals surface area contributed by atoms with Gasteiger partial charge in [0.05, 0.1) is 4.92 Å². The van der Waals surface area contributed by atoms with Gasteiger partial charge in [-0.05, 0) is 6.42 Å². The number of hydrogen-bond donors (Lipinski definition) is 0. The minimum atomic E-state index is -4.18. The predicted octanol–water partition coefficient (Wildman–Crippen LogP) is 1.21. The van der Waals surface area contributed by atoms with Gasteiger partial charge in [-0.2, -0.15) is 5.10 Å². The first-order chi connectivity index (χ1) is 7.29. The highest BCUT2D eigenvalue weighted by Crippen LogP contribution is 2.30. The maximum Gasteiger partial charge on any atom is 0.330 e. The fraction of sp³-hybridized carbons (Fsp3) is 0.571. The van der Waals surface area contributed by atoms with Gasteiger partial charge in [-0.3, -0.25) is 10.1 Å². The third-order valence-electron chi connectivity index (χ3n) is 1.94. The van der Waals surface area contributed by atoms with Crippen molar-refractivity contribution in [1.82, 2.24) is 9.78 Å². The molecule has 0 saturated carbocycles. The molecule has 0 saturated heterocycles. The topological polar surface area (TPSA) is 95.1 Å². The number of nitrogens with zero attached hydrogens (tertiary/aromatic N) is 3. The molecule has 1 heterocycles. The molecule has 16 heavy (non-hydrogen) atoms. The average Bonchev–Trinajstić information content (AvgIpc) is 2.42. The third kappa shape index (κ3) is 2.33. The maximum absolute atomic E-state index is 11.2. The molecule has 1 rings (SSSR count). The van der Waals surface area contributed by atoms with Gasteiger partial charge in [0.1, 0.15) is 5.69 Å². The zero-order valence-electron chi connectivity index (χ0n) is 8.68. The molecule has 90 valence electrons. The minimum absolute atomic E-state index is 0.134. The molecule has 1 aromatic heterocycles. The van der Waals surface area contributed by atoms with Gasteiger partial charge in [-0.15, -0.1) is 0 Å².